The van der Waals surface area contributed by atoms with Crippen molar-refractivity contribution in [2.75, 3.05) is 5.32 Å². The fourth-order valence-corrected chi connectivity index (χ4v) is 1.85. The van der Waals surface area contributed by atoms with Crippen LogP contribution in [0.1, 0.15) is 35.7 Å². The second-order valence-electron chi connectivity index (χ2n) is 4.56. The van der Waals surface area contributed by atoms with E-state index in [4.69, 9.17) is 0 Å². The Morgan fingerprint density at radius 2 is 2.00 bits per heavy atom. The van der Waals surface area contributed by atoms with E-state index in [-0.39, 0.29) is 11.5 Å². The molecule has 0 aliphatic carbocycles. The van der Waals surface area contributed by atoms with Crippen LogP contribution in [0, 0.1) is 5.95 Å². The molecule has 4 heteroatoms. The Balaban J connectivity index is 2.24. The first-order chi connectivity index (χ1) is 9.08. The maximum absolute atomic E-state index is 13.0. The largest absolute Gasteiger partial charge is 0.322 e. The molecule has 3 nitrogen and oxygen atoms in total. The lowest BCUT2D eigenvalue weighted by Gasteiger charge is -2.13. The number of amides is 1. The van der Waals surface area contributed by atoms with Crippen LogP contribution in [0.4, 0.5) is 10.1 Å². The summed E-state index contributed by atoms with van der Waals surface area (Å²) in [6.07, 6.45) is 1.28. The molecule has 1 heterocycles. The summed E-state index contributed by atoms with van der Waals surface area (Å²) in [5.41, 5.74) is 2.05. The van der Waals surface area contributed by atoms with Crippen molar-refractivity contribution in [2.24, 2.45) is 0 Å². The van der Waals surface area contributed by atoms with Crippen molar-refractivity contribution in [1.82, 2.24) is 4.98 Å². The molecule has 2 aromatic rings. The first-order valence-electron chi connectivity index (χ1n) is 6.09. The molecule has 1 N–H and O–H groups in total. The SMILES string of the molecule is CC(C)c1ccccc1NC(=O)c1ccnc(F)c1. The summed E-state index contributed by atoms with van der Waals surface area (Å²) < 4.78 is 13.0. The van der Waals surface area contributed by atoms with Gasteiger partial charge in [-0.3, -0.25) is 4.79 Å². The first kappa shape index (κ1) is 13.2. The first-order valence-corrected chi connectivity index (χ1v) is 6.09. The number of rotatable bonds is 3. The van der Waals surface area contributed by atoms with Crippen LogP contribution in [0.3, 0.4) is 0 Å². The van der Waals surface area contributed by atoms with E-state index < -0.39 is 5.95 Å². The van der Waals surface area contributed by atoms with E-state index in [1.807, 2.05) is 24.3 Å². The molecule has 1 amide bonds. The van der Waals surface area contributed by atoms with E-state index in [0.717, 1.165) is 17.3 Å². The van der Waals surface area contributed by atoms with Gasteiger partial charge in [0.05, 0.1) is 0 Å². The molecular weight excluding hydrogens is 243 g/mol. The van der Waals surface area contributed by atoms with E-state index in [1.54, 1.807) is 0 Å². The lowest BCUT2D eigenvalue weighted by molar-refractivity contribution is 0.102. The molecule has 98 valence electrons. The van der Waals surface area contributed by atoms with Gasteiger partial charge in [0.2, 0.25) is 5.95 Å². The van der Waals surface area contributed by atoms with Crippen molar-refractivity contribution in [1.29, 1.82) is 0 Å². The Morgan fingerprint density at radius 1 is 1.26 bits per heavy atom. The molecule has 0 saturated heterocycles. The molecule has 0 bridgehead atoms. The molecular formula is C15H15FN2O. The van der Waals surface area contributed by atoms with E-state index in [9.17, 15) is 9.18 Å². The Morgan fingerprint density at radius 3 is 2.68 bits per heavy atom. The highest BCUT2D eigenvalue weighted by atomic mass is 19.1. The standard InChI is InChI=1S/C15H15FN2O/c1-10(2)12-5-3-4-6-13(12)18-15(19)11-7-8-17-14(16)9-11/h3-10H,1-2H3,(H,18,19). The van der Waals surface area contributed by atoms with Gasteiger partial charge in [0.25, 0.3) is 5.91 Å². The number of benzene rings is 1. The van der Waals surface area contributed by atoms with Gasteiger partial charge in [0.1, 0.15) is 0 Å². The molecule has 0 unspecified atom stereocenters. The number of carbonyl (C=O) groups is 1. The summed E-state index contributed by atoms with van der Waals surface area (Å²) in [6.45, 7) is 4.11. The quantitative estimate of drug-likeness (QED) is 0.855. The van der Waals surface area contributed by atoms with Crippen LogP contribution >= 0.6 is 0 Å². The Bertz CT molecular complexity index is 596. The second-order valence-corrected chi connectivity index (χ2v) is 4.56. The Kier molecular flexibility index (Phi) is 3.90. The fraction of sp³-hybridized carbons (Fsp3) is 0.200. The van der Waals surface area contributed by atoms with Crippen molar-refractivity contribution in [3.63, 3.8) is 0 Å². The molecule has 19 heavy (non-hydrogen) atoms. The summed E-state index contributed by atoms with van der Waals surface area (Å²) in [4.78, 5) is 15.5. The zero-order chi connectivity index (χ0) is 13.8. The minimum Gasteiger partial charge on any atom is -0.322 e. The molecule has 2 rings (SSSR count). The van der Waals surface area contributed by atoms with Crippen molar-refractivity contribution >= 4 is 11.6 Å². The molecule has 0 aliphatic heterocycles. The number of para-hydroxylation sites is 1. The van der Waals surface area contributed by atoms with E-state index in [2.05, 4.69) is 24.1 Å². The minimum atomic E-state index is -0.662. The van der Waals surface area contributed by atoms with Crippen LogP contribution < -0.4 is 5.32 Å². The number of nitrogens with one attached hydrogen (secondary N) is 1. The predicted molar refractivity (Wildman–Crippen MR) is 72.7 cm³/mol. The van der Waals surface area contributed by atoms with Crippen LogP contribution in [-0.4, -0.2) is 10.9 Å². The normalized spacial score (nSPS) is 10.5. The van der Waals surface area contributed by atoms with Gasteiger partial charge >= 0.3 is 0 Å². The fourth-order valence-electron chi connectivity index (χ4n) is 1.85. The topological polar surface area (TPSA) is 42.0 Å². The van der Waals surface area contributed by atoms with E-state index >= 15 is 0 Å². The number of halogens is 1. The van der Waals surface area contributed by atoms with E-state index in [0.29, 0.717) is 5.92 Å². The van der Waals surface area contributed by atoms with Crippen molar-refractivity contribution in [3.05, 3.63) is 59.7 Å². The number of aromatic nitrogens is 1. The summed E-state index contributed by atoms with van der Waals surface area (Å²) in [6, 6.07) is 10.2. The van der Waals surface area contributed by atoms with Gasteiger partial charge in [-0.15, -0.1) is 0 Å². The summed E-state index contributed by atoms with van der Waals surface area (Å²) in [5, 5.41) is 2.80. The Labute approximate surface area is 111 Å². The highest BCUT2D eigenvalue weighted by molar-refractivity contribution is 6.04. The van der Waals surface area contributed by atoms with E-state index in [1.165, 1.54) is 12.3 Å². The minimum absolute atomic E-state index is 0.256. The predicted octanol–water partition coefficient (Wildman–Crippen LogP) is 3.60. The lowest BCUT2D eigenvalue weighted by atomic mass is 10.0. The number of carbonyl (C=O) groups excluding carboxylic acids is 1. The molecule has 0 atom stereocenters. The third-order valence-electron chi connectivity index (χ3n) is 2.82. The van der Waals surface area contributed by atoms with Gasteiger partial charge in [-0.2, -0.15) is 4.39 Å². The molecule has 0 aliphatic rings. The molecule has 1 aromatic carbocycles. The van der Waals surface area contributed by atoms with Crippen LogP contribution in [0.2, 0.25) is 0 Å². The van der Waals surface area contributed by atoms with Gasteiger partial charge in [0, 0.05) is 23.5 Å². The zero-order valence-corrected chi connectivity index (χ0v) is 10.9. The van der Waals surface area contributed by atoms with Gasteiger partial charge in [-0.25, -0.2) is 4.98 Å². The lowest BCUT2D eigenvalue weighted by Crippen LogP contribution is -2.14. The zero-order valence-electron chi connectivity index (χ0n) is 10.9. The number of hydrogen-bond donors (Lipinski definition) is 1. The van der Waals surface area contributed by atoms with Crippen molar-refractivity contribution < 1.29 is 9.18 Å². The van der Waals surface area contributed by atoms with Crippen LogP contribution in [-0.2, 0) is 0 Å². The van der Waals surface area contributed by atoms with Crippen LogP contribution in [0.25, 0.3) is 0 Å². The summed E-state index contributed by atoms with van der Waals surface area (Å²) >= 11 is 0. The summed E-state index contributed by atoms with van der Waals surface area (Å²) in [5.74, 6) is -0.704. The average Bonchev–Trinajstić information content (AvgIpc) is 2.39. The number of nitrogens with zero attached hydrogens (tertiary/aromatic N) is 1. The third-order valence-corrected chi connectivity index (χ3v) is 2.82. The Hall–Kier alpha value is -2.23. The van der Waals surface area contributed by atoms with Gasteiger partial charge < -0.3 is 5.32 Å². The van der Waals surface area contributed by atoms with Gasteiger partial charge in [-0.1, -0.05) is 32.0 Å². The van der Waals surface area contributed by atoms with Gasteiger partial charge in [-0.05, 0) is 23.6 Å². The van der Waals surface area contributed by atoms with Crippen molar-refractivity contribution in [3.8, 4) is 0 Å². The number of pyridine rings is 1. The second kappa shape index (κ2) is 5.61. The number of hydrogen-bond acceptors (Lipinski definition) is 2. The van der Waals surface area contributed by atoms with Gasteiger partial charge in [0.15, 0.2) is 0 Å². The average molecular weight is 258 g/mol. The van der Waals surface area contributed by atoms with Crippen LogP contribution in [0.15, 0.2) is 42.6 Å². The molecule has 0 spiro atoms. The molecule has 0 radical (unpaired) electrons. The van der Waals surface area contributed by atoms with Crippen molar-refractivity contribution in [2.45, 2.75) is 19.8 Å². The van der Waals surface area contributed by atoms with Crippen LogP contribution in [0.5, 0.6) is 0 Å². The monoisotopic (exact) mass is 258 g/mol. The third kappa shape index (κ3) is 3.16. The number of anilines is 1. The highest BCUT2D eigenvalue weighted by Gasteiger charge is 2.11. The summed E-state index contributed by atoms with van der Waals surface area (Å²) in [7, 11) is 0. The smallest absolute Gasteiger partial charge is 0.255 e. The molecule has 0 fully saturated rings. The maximum Gasteiger partial charge on any atom is 0.255 e. The maximum atomic E-state index is 13.0. The molecule has 1 aromatic heterocycles. The highest BCUT2D eigenvalue weighted by Crippen LogP contribution is 2.24. The molecule has 0 saturated carbocycles.